The highest BCUT2D eigenvalue weighted by Gasteiger charge is 2.30. The number of aliphatic hydroxyl groups excluding tert-OH is 1. The van der Waals surface area contributed by atoms with Crippen molar-refractivity contribution >= 4 is 39.5 Å². The van der Waals surface area contributed by atoms with E-state index >= 15 is 0 Å². The lowest BCUT2D eigenvalue weighted by Gasteiger charge is -2.21. The fraction of sp³-hybridized carbons (Fsp3) is 0.632. The van der Waals surface area contributed by atoms with Gasteiger partial charge in [0.25, 0.3) is 0 Å². The summed E-state index contributed by atoms with van der Waals surface area (Å²) in [5, 5.41) is 10.7. The number of ether oxygens (including phenoxy) is 4. The van der Waals surface area contributed by atoms with Gasteiger partial charge >= 0.3 is 39.5 Å². The van der Waals surface area contributed by atoms with Crippen molar-refractivity contribution in [2.75, 3.05) is 39.6 Å². The van der Waals surface area contributed by atoms with Crippen LogP contribution in [-0.2, 0) is 65.4 Å². The van der Waals surface area contributed by atoms with Gasteiger partial charge in [0.15, 0.2) is 12.2 Å². The van der Waals surface area contributed by atoms with Gasteiger partial charge < -0.3 is 33.8 Å². The molecule has 0 amide bonds. The number of aliphatic hydroxyl groups is 1. The molecular formula is C87H142O17P2. The van der Waals surface area contributed by atoms with Gasteiger partial charge in [-0.3, -0.25) is 37.3 Å². The maximum atomic E-state index is 13.1. The van der Waals surface area contributed by atoms with Crippen LogP contribution >= 0.6 is 15.6 Å². The third kappa shape index (κ3) is 76.6. The quantitative estimate of drug-likeness (QED) is 0.0169. The highest BCUT2D eigenvalue weighted by atomic mass is 31.2. The van der Waals surface area contributed by atoms with E-state index in [1.807, 2.05) is 0 Å². The first-order valence-corrected chi connectivity index (χ1v) is 43.4. The third-order valence-corrected chi connectivity index (χ3v) is 18.0. The Hall–Kier alpha value is -5.58. The first-order chi connectivity index (χ1) is 51.7. The molecule has 0 bridgehead atoms. The summed E-state index contributed by atoms with van der Waals surface area (Å²) in [6.07, 6.45) is 91.8. The molecule has 0 aliphatic rings. The predicted octanol–water partition coefficient (Wildman–Crippen LogP) is 23.8. The molecule has 0 heterocycles. The van der Waals surface area contributed by atoms with Crippen LogP contribution in [0.4, 0.5) is 0 Å². The minimum Gasteiger partial charge on any atom is -0.462 e. The Morgan fingerprint density at radius 1 is 0.274 bits per heavy atom. The van der Waals surface area contributed by atoms with E-state index < -0.39 is 97.5 Å². The normalized spacial score (nSPS) is 14.7. The van der Waals surface area contributed by atoms with Gasteiger partial charge in [-0.15, -0.1) is 0 Å². The van der Waals surface area contributed by atoms with Crippen molar-refractivity contribution in [2.24, 2.45) is 0 Å². The number of unbranched alkanes of at least 4 members (excludes halogenated alkanes) is 20. The molecule has 0 aromatic rings. The molecule has 0 aliphatic carbocycles. The molecule has 0 aromatic heterocycles. The minimum atomic E-state index is -5.00. The van der Waals surface area contributed by atoms with Crippen molar-refractivity contribution in [3.05, 3.63) is 170 Å². The van der Waals surface area contributed by atoms with Gasteiger partial charge in [0.05, 0.1) is 26.4 Å². The van der Waals surface area contributed by atoms with Crippen LogP contribution in [0.5, 0.6) is 0 Å². The van der Waals surface area contributed by atoms with Gasteiger partial charge in [-0.1, -0.05) is 275 Å². The standard InChI is InChI=1S/C87H142O17P2/c1-5-9-13-17-21-25-29-33-36-39-40-43-45-49-52-56-60-64-68-72-85(90)97-77-82(103-86(91)73-69-65-61-57-53-47-32-28-24-20-16-12-8-4)79-101-105(93,94)99-75-81(88)76-100-106(95,96)102-80-83(104-87(92)74-70-66-62-58-54-50-46-42-38-35-31-27-23-19-15-11-7-3)78-98-84(89)71-67-63-59-55-51-48-44-41-37-34-30-26-22-18-14-10-6-2/h9-11,13-16,20-23,25-28,32-38,40,43-44,48-49,52,81-83,88H,5-8,12,17-19,24,29-31,39,41-42,45-47,50-51,53-80H2,1-4H3,(H,93,94)(H,95,96)/b13-9-,14-10-,15-11-,20-16-,25-21-,26-22-,27-23-,32-28-,36-33-,37-34-,38-35-,43-40-,48-44-,52-49-. The fourth-order valence-electron chi connectivity index (χ4n) is 10.1. The van der Waals surface area contributed by atoms with Gasteiger partial charge in [-0.2, -0.15) is 0 Å². The number of hydrogen-bond acceptors (Lipinski definition) is 15. The summed E-state index contributed by atoms with van der Waals surface area (Å²) < 4.78 is 68.6. The number of hydrogen-bond donors (Lipinski definition) is 3. The molecule has 3 N–H and O–H groups in total. The minimum absolute atomic E-state index is 0.0648. The maximum absolute atomic E-state index is 13.1. The second-order valence-corrected chi connectivity index (χ2v) is 29.1. The summed E-state index contributed by atoms with van der Waals surface area (Å²) >= 11 is 0. The third-order valence-electron chi connectivity index (χ3n) is 16.1. The van der Waals surface area contributed by atoms with Gasteiger partial charge in [0.2, 0.25) is 0 Å². The molecule has 5 unspecified atom stereocenters. The smallest absolute Gasteiger partial charge is 0.462 e. The van der Waals surface area contributed by atoms with E-state index in [2.05, 4.69) is 198 Å². The molecule has 106 heavy (non-hydrogen) atoms. The number of phosphoric ester groups is 2. The Morgan fingerprint density at radius 2 is 0.491 bits per heavy atom. The molecule has 0 saturated carbocycles. The van der Waals surface area contributed by atoms with Crippen LogP contribution < -0.4 is 0 Å². The summed E-state index contributed by atoms with van der Waals surface area (Å²) in [5.74, 6) is -2.27. The van der Waals surface area contributed by atoms with Crippen molar-refractivity contribution in [1.82, 2.24) is 0 Å². The predicted molar refractivity (Wildman–Crippen MR) is 436 cm³/mol. The number of carbonyl (C=O) groups excluding carboxylic acids is 4. The fourth-order valence-corrected chi connectivity index (χ4v) is 11.7. The summed E-state index contributed by atoms with van der Waals surface area (Å²) in [6, 6.07) is 0. The zero-order valence-corrected chi connectivity index (χ0v) is 67.6. The van der Waals surface area contributed by atoms with Crippen LogP contribution in [0.25, 0.3) is 0 Å². The van der Waals surface area contributed by atoms with E-state index in [1.54, 1.807) is 0 Å². The van der Waals surface area contributed by atoms with Gasteiger partial charge in [-0.25, -0.2) is 9.13 Å². The molecule has 5 atom stereocenters. The average molecular weight is 1520 g/mol. The molecule has 602 valence electrons. The van der Waals surface area contributed by atoms with Crippen molar-refractivity contribution in [1.29, 1.82) is 0 Å². The Morgan fingerprint density at radius 3 is 0.764 bits per heavy atom. The summed E-state index contributed by atoms with van der Waals surface area (Å²) in [7, 11) is -10.00. The van der Waals surface area contributed by atoms with Crippen molar-refractivity contribution in [2.45, 2.75) is 316 Å². The number of allylic oxidation sites excluding steroid dienone is 28. The number of rotatable bonds is 74. The molecule has 0 aliphatic heterocycles. The van der Waals surface area contributed by atoms with Crippen molar-refractivity contribution in [3.63, 3.8) is 0 Å². The second kappa shape index (κ2) is 77.6. The molecule has 17 nitrogen and oxygen atoms in total. The van der Waals surface area contributed by atoms with Crippen LogP contribution in [0.15, 0.2) is 170 Å². The first kappa shape index (κ1) is 100. The van der Waals surface area contributed by atoms with Crippen LogP contribution in [-0.4, -0.2) is 96.7 Å². The van der Waals surface area contributed by atoms with Gasteiger partial charge in [0, 0.05) is 25.7 Å². The summed E-state index contributed by atoms with van der Waals surface area (Å²) in [5.41, 5.74) is 0. The molecule has 0 aromatic carbocycles. The number of phosphoric acid groups is 2. The molecule has 0 radical (unpaired) electrons. The van der Waals surface area contributed by atoms with Crippen molar-refractivity contribution < 1.29 is 80.2 Å². The highest BCUT2D eigenvalue weighted by Crippen LogP contribution is 2.45. The van der Waals surface area contributed by atoms with Gasteiger partial charge in [-0.05, 0) is 167 Å². The lowest BCUT2D eigenvalue weighted by Crippen LogP contribution is -2.30. The lowest BCUT2D eigenvalue weighted by atomic mass is 10.1. The SMILES string of the molecule is CC/C=C\C/C=C\C/C=C\C/C=C\C/C=C\CCCCCC(=O)OCC(COP(=O)(O)OCC(O)COP(=O)(O)OCC(COC(=O)CCCCCC/C=C\C/C=C\C/C=C\C/C=C\CC)OC(=O)CCCCCCCCC/C=C\C/C=C\C/C=C\CC)OC(=O)CCCCCCC/C=C\C/C=C\CCC. The molecule has 0 saturated heterocycles. The number of carbonyl (C=O) groups is 4. The maximum Gasteiger partial charge on any atom is 0.472 e. The van der Waals surface area contributed by atoms with E-state index in [0.29, 0.717) is 25.7 Å². The zero-order valence-electron chi connectivity index (χ0n) is 65.8. The van der Waals surface area contributed by atoms with Crippen LogP contribution in [0.3, 0.4) is 0 Å². The first-order valence-electron chi connectivity index (χ1n) is 40.4. The molecule has 0 spiro atoms. The molecular weight excluding hydrogens is 1380 g/mol. The molecule has 19 heteroatoms. The van der Waals surface area contributed by atoms with Gasteiger partial charge in [0.1, 0.15) is 19.3 Å². The Balaban J connectivity index is 5.44. The Kier molecular flexibility index (Phi) is 73.5. The van der Waals surface area contributed by atoms with Crippen LogP contribution in [0.2, 0.25) is 0 Å². The van der Waals surface area contributed by atoms with E-state index in [1.165, 1.54) is 0 Å². The topological polar surface area (TPSA) is 237 Å². The lowest BCUT2D eigenvalue weighted by molar-refractivity contribution is -0.161. The number of esters is 4. The van der Waals surface area contributed by atoms with E-state index in [4.69, 9.17) is 37.0 Å². The van der Waals surface area contributed by atoms with Crippen LogP contribution in [0.1, 0.15) is 297 Å². The summed E-state index contributed by atoms with van der Waals surface area (Å²) in [6.45, 7) is 4.37. The van der Waals surface area contributed by atoms with Crippen LogP contribution in [0, 0.1) is 0 Å². The molecule has 0 fully saturated rings. The van der Waals surface area contributed by atoms with E-state index in [-0.39, 0.29) is 25.7 Å². The Bertz CT molecular complexity index is 2680. The zero-order chi connectivity index (χ0) is 77.4. The van der Waals surface area contributed by atoms with E-state index in [9.17, 15) is 43.2 Å². The second-order valence-electron chi connectivity index (χ2n) is 26.2. The monoisotopic (exact) mass is 1520 g/mol. The largest absolute Gasteiger partial charge is 0.472 e. The molecule has 0 rings (SSSR count). The summed E-state index contributed by atoms with van der Waals surface area (Å²) in [4.78, 5) is 73.1. The average Bonchev–Trinajstić information content (AvgIpc) is 0.900. The highest BCUT2D eigenvalue weighted by molar-refractivity contribution is 7.47. The Labute approximate surface area is 642 Å². The van der Waals surface area contributed by atoms with E-state index in [0.717, 1.165) is 218 Å². The van der Waals surface area contributed by atoms with Crippen molar-refractivity contribution in [3.8, 4) is 0 Å².